The van der Waals surface area contributed by atoms with Crippen molar-refractivity contribution in [3.05, 3.63) is 59.2 Å². The summed E-state index contributed by atoms with van der Waals surface area (Å²) in [7, 11) is 5.50. The quantitative estimate of drug-likeness (QED) is 0.209. The van der Waals surface area contributed by atoms with Crippen molar-refractivity contribution in [2.24, 2.45) is 23.2 Å². The SMILES string of the molecule is CNC(=O)c1cc(-c2cccc(CN3O[C@@H](CO)[C@@H](C(C)O)[C@H]3C(=O)N[C@H]3C[C@H]4C=C([C@@H]3C)C4(C)C)c2OCC2CCCCN2)cc(N(C)C)c1. The molecule has 2 aromatic rings. The summed E-state index contributed by atoms with van der Waals surface area (Å²) >= 11 is 0. The van der Waals surface area contributed by atoms with E-state index < -0.39 is 24.2 Å². The molecule has 5 aliphatic rings. The molecule has 0 radical (unpaired) electrons. The van der Waals surface area contributed by atoms with Gasteiger partial charge in [0.1, 0.15) is 24.5 Å². The first kappa shape index (κ1) is 37.3. The number of hydrogen-bond donors (Lipinski definition) is 5. The number of hydroxylamine groups is 2. The number of carbonyl (C=O) groups is 2. The third-order valence-electron chi connectivity index (χ3n) is 11.9. The number of hydrogen-bond acceptors (Lipinski definition) is 9. The fourth-order valence-corrected chi connectivity index (χ4v) is 8.71. The lowest BCUT2D eigenvalue weighted by Gasteiger charge is -2.54. The first-order chi connectivity index (χ1) is 24.3. The van der Waals surface area contributed by atoms with E-state index in [2.05, 4.69) is 42.8 Å². The molecule has 0 aromatic heterocycles. The van der Waals surface area contributed by atoms with Crippen LogP contribution in [0.15, 0.2) is 48.0 Å². The molecule has 2 unspecified atom stereocenters. The molecule has 0 spiro atoms. The molecule has 3 fully saturated rings. The lowest BCUT2D eigenvalue weighted by Crippen LogP contribution is -2.57. The predicted octanol–water partition coefficient (Wildman–Crippen LogP) is 3.88. The Bertz CT molecular complexity index is 1620. The van der Waals surface area contributed by atoms with Crippen LogP contribution in [-0.2, 0) is 16.2 Å². The molecule has 11 heteroatoms. The summed E-state index contributed by atoms with van der Waals surface area (Å²) < 4.78 is 6.73. The van der Waals surface area contributed by atoms with Crippen molar-refractivity contribution >= 4 is 17.5 Å². The van der Waals surface area contributed by atoms with Gasteiger partial charge in [0.05, 0.1) is 19.3 Å². The molecule has 2 saturated heterocycles. The van der Waals surface area contributed by atoms with Gasteiger partial charge in [0.15, 0.2) is 0 Å². The highest BCUT2D eigenvalue weighted by Crippen LogP contribution is 2.56. The van der Waals surface area contributed by atoms with Crippen molar-refractivity contribution in [2.75, 3.05) is 45.8 Å². The Morgan fingerprint density at radius 3 is 2.61 bits per heavy atom. The maximum atomic E-state index is 14.3. The van der Waals surface area contributed by atoms with Crippen molar-refractivity contribution in [3.8, 4) is 16.9 Å². The van der Waals surface area contributed by atoms with Gasteiger partial charge in [-0.05, 0) is 73.7 Å². The standard InChI is InChI=1S/C40H57N5O6/c1-23-32-18-28(40(32,3)4)19-33(23)43-39(49)36-35(24(2)47)34(21-46)51-45(36)20-25-11-10-13-31(37(25)50-22-29-12-8-9-14-42-29)26-15-27(38(48)41-5)17-30(16-26)44(6)7/h10-11,13,15-18,23-24,28-29,33-36,42,46-47H,8-9,12,14,19-22H2,1-7H3,(H,41,48)(H,43,49)/t23-,24?,28+,29?,33-,34-,35+,36-/m0/s1. The molecule has 5 N–H and O–H groups in total. The number of rotatable bonds is 12. The average molecular weight is 704 g/mol. The molecule has 8 atom stereocenters. The van der Waals surface area contributed by atoms with Crippen molar-refractivity contribution in [3.63, 3.8) is 0 Å². The average Bonchev–Trinajstić information content (AvgIpc) is 3.50. The van der Waals surface area contributed by atoms with Crippen LogP contribution in [0.4, 0.5) is 5.69 Å². The Balaban J connectivity index is 1.35. The fourth-order valence-electron chi connectivity index (χ4n) is 8.71. The number of amides is 2. The van der Waals surface area contributed by atoms with Gasteiger partial charge in [0, 0.05) is 61.5 Å². The van der Waals surface area contributed by atoms with Crippen molar-refractivity contribution < 1.29 is 29.4 Å². The topological polar surface area (TPSA) is 136 Å². The maximum absolute atomic E-state index is 14.3. The van der Waals surface area contributed by atoms with E-state index in [-0.39, 0.29) is 48.4 Å². The van der Waals surface area contributed by atoms with Crippen LogP contribution in [0.3, 0.4) is 0 Å². The fraction of sp³-hybridized carbons (Fsp3) is 0.600. The van der Waals surface area contributed by atoms with Gasteiger partial charge in [-0.25, -0.2) is 0 Å². The molecule has 7 rings (SSSR count). The van der Waals surface area contributed by atoms with Crippen LogP contribution in [0.2, 0.25) is 0 Å². The summed E-state index contributed by atoms with van der Waals surface area (Å²) in [4.78, 5) is 35.5. The second kappa shape index (κ2) is 15.2. The van der Waals surface area contributed by atoms with Crippen LogP contribution < -0.4 is 25.6 Å². The Morgan fingerprint density at radius 2 is 1.98 bits per heavy atom. The van der Waals surface area contributed by atoms with Gasteiger partial charge in [-0.1, -0.05) is 57.0 Å². The number of para-hydroxylation sites is 1. The number of benzene rings is 2. The highest BCUT2D eigenvalue weighted by Gasteiger charge is 2.53. The minimum atomic E-state index is -0.905. The summed E-state index contributed by atoms with van der Waals surface area (Å²) in [5, 5.41) is 32.7. The lowest BCUT2D eigenvalue weighted by molar-refractivity contribution is -0.182. The molecule has 2 bridgehead atoms. The molecule has 2 aromatic carbocycles. The monoisotopic (exact) mass is 703 g/mol. The first-order valence-electron chi connectivity index (χ1n) is 18.6. The second-order valence-electron chi connectivity index (χ2n) is 15.7. The highest BCUT2D eigenvalue weighted by molar-refractivity contribution is 5.97. The molecule has 11 nitrogen and oxygen atoms in total. The number of aliphatic hydroxyl groups is 2. The summed E-state index contributed by atoms with van der Waals surface area (Å²) in [6, 6.07) is 11.0. The van der Waals surface area contributed by atoms with Gasteiger partial charge >= 0.3 is 0 Å². The number of aliphatic hydroxyl groups excluding tert-OH is 2. The zero-order valence-electron chi connectivity index (χ0n) is 31.2. The van der Waals surface area contributed by atoms with Crippen molar-refractivity contribution in [2.45, 2.75) is 90.3 Å². The summed E-state index contributed by atoms with van der Waals surface area (Å²) in [6.07, 6.45) is 4.82. The van der Waals surface area contributed by atoms with E-state index in [1.807, 2.05) is 55.4 Å². The van der Waals surface area contributed by atoms with E-state index in [0.29, 0.717) is 23.8 Å². The second-order valence-corrected chi connectivity index (χ2v) is 15.7. The smallest absolute Gasteiger partial charge is 0.251 e. The molecule has 278 valence electrons. The number of ether oxygens (including phenoxy) is 1. The number of allylic oxidation sites excluding steroid dienone is 1. The molecule has 1 saturated carbocycles. The highest BCUT2D eigenvalue weighted by atomic mass is 16.7. The number of nitrogens with one attached hydrogen (secondary N) is 3. The summed E-state index contributed by atoms with van der Waals surface area (Å²) in [6.45, 7) is 9.61. The van der Waals surface area contributed by atoms with Crippen LogP contribution in [0.1, 0.15) is 69.3 Å². The summed E-state index contributed by atoms with van der Waals surface area (Å²) in [5.74, 6) is 0.206. The van der Waals surface area contributed by atoms with Crippen LogP contribution in [0, 0.1) is 23.2 Å². The van der Waals surface area contributed by atoms with E-state index in [1.165, 1.54) is 5.57 Å². The minimum absolute atomic E-state index is 0.0242. The first-order valence-corrected chi connectivity index (χ1v) is 18.6. The van der Waals surface area contributed by atoms with E-state index in [9.17, 15) is 19.8 Å². The normalized spacial score (nSPS) is 29.0. The zero-order valence-corrected chi connectivity index (χ0v) is 31.2. The van der Waals surface area contributed by atoms with E-state index in [0.717, 1.165) is 54.6 Å². The number of nitrogens with zero attached hydrogens (tertiary/aromatic N) is 2. The van der Waals surface area contributed by atoms with Crippen LogP contribution in [-0.4, -0.2) is 98.3 Å². The van der Waals surface area contributed by atoms with E-state index >= 15 is 0 Å². The molecule has 2 heterocycles. The maximum Gasteiger partial charge on any atom is 0.251 e. The third-order valence-corrected chi connectivity index (χ3v) is 11.9. The Labute approximate surface area is 302 Å². The van der Waals surface area contributed by atoms with Crippen LogP contribution >= 0.6 is 0 Å². The van der Waals surface area contributed by atoms with Gasteiger partial charge in [-0.2, -0.15) is 5.06 Å². The summed E-state index contributed by atoms with van der Waals surface area (Å²) in [5.41, 5.74) is 5.36. The minimum Gasteiger partial charge on any atom is -0.491 e. The van der Waals surface area contributed by atoms with Gasteiger partial charge in [-0.3, -0.25) is 14.4 Å². The molecular formula is C40H57N5O6. The number of piperidine rings is 1. The molecule has 3 aliphatic carbocycles. The lowest BCUT2D eigenvalue weighted by atomic mass is 9.52. The van der Waals surface area contributed by atoms with Crippen LogP contribution in [0.25, 0.3) is 11.1 Å². The van der Waals surface area contributed by atoms with E-state index in [4.69, 9.17) is 9.57 Å². The number of carbonyl (C=O) groups excluding carboxylic acids is 2. The van der Waals surface area contributed by atoms with Crippen LogP contribution in [0.5, 0.6) is 5.75 Å². The van der Waals surface area contributed by atoms with Gasteiger partial charge in [0.25, 0.3) is 5.91 Å². The molecular weight excluding hydrogens is 646 g/mol. The van der Waals surface area contributed by atoms with E-state index in [1.54, 1.807) is 19.0 Å². The van der Waals surface area contributed by atoms with Gasteiger partial charge in [0.2, 0.25) is 5.91 Å². The van der Waals surface area contributed by atoms with Gasteiger partial charge in [-0.15, -0.1) is 0 Å². The molecule has 2 amide bonds. The Hall–Kier alpha value is -3.48. The largest absolute Gasteiger partial charge is 0.491 e. The third kappa shape index (κ3) is 7.41. The van der Waals surface area contributed by atoms with Crippen molar-refractivity contribution in [1.82, 2.24) is 21.0 Å². The number of anilines is 1. The molecule has 51 heavy (non-hydrogen) atoms. The zero-order chi connectivity index (χ0) is 36.6. The molecule has 2 aliphatic heterocycles. The number of fused-ring (bicyclic) bond motifs is 2. The Morgan fingerprint density at radius 1 is 1.20 bits per heavy atom. The van der Waals surface area contributed by atoms with Gasteiger partial charge < -0.3 is 35.8 Å². The Kier molecular flexibility index (Phi) is 11.1. The van der Waals surface area contributed by atoms with Crippen molar-refractivity contribution in [1.29, 1.82) is 0 Å². The predicted molar refractivity (Wildman–Crippen MR) is 198 cm³/mol.